The fraction of sp³-hybridized carbons (Fsp3) is 0.368. The topological polar surface area (TPSA) is 55.4 Å². The lowest BCUT2D eigenvalue weighted by atomic mass is 10.1. The van der Waals surface area contributed by atoms with E-state index in [1.54, 1.807) is 62.7 Å². The van der Waals surface area contributed by atoms with Crippen LogP contribution < -0.4 is 9.46 Å². The SMILES string of the molecule is Cc1cccc(OCC(NS(=O)(=O)c2c(C)cc(C)cc2C)C(F)(F)F)c1. The number of alkyl halides is 3. The summed E-state index contributed by atoms with van der Waals surface area (Å²) in [6, 6.07) is 7.39. The molecule has 1 N–H and O–H groups in total. The maximum Gasteiger partial charge on any atom is 0.408 e. The molecule has 0 radical (unpaired) electrons. The second-order valence-electron chi connectivity index (χ2n) is 6.57. The van der Waals surface area contributed by atoms with Gasteiger partial charge in [0.25, 0.3) is 0 Å². The number of halogens is 3. The Morgan fingerprint density at radius 3 is 2.11 bits per heavy atom. The summed E-state index contributed by atoms with van der Waals surface area (Å²) in [7, 11) is -4.38. The molecule has 0 amide bonds. The Balaban J connectivity index is 2.28. The van der Waals surface area contributed by atoms with Crippen molar-refractivity contribution in [1.82, 2.24) is 4.72 Å². The highest BCUT2D eigenvalue weighted by atomic mass is 32.2. The first kappa shape index (κ1) is 21.2. The van der Waals surface area contributed by atoms with E-state index in [2.05, 4.69) is 0 Å². The van der Waals surface area contributed by atoms with Gasteiger partial charge in [-0.3, -0.25) is 0 Å². The average Bonchev–Trinajstić information content (AvgIpc) is 2.49. The summed E-state index contributed by atoms with van der Waals surface area (Å²) in [5, 5.41) is 0. The van der Waals surface area contributed by atoms with E-state index in [0.29, 0.717) is 11.1 Å². The summed E-state index contributed by atoms with van der Waals surface area (Å²) < 4.78 is 72.4. The van der Waals surface area contributed by atoms with Crippen LogP contribution in [0, 0.1) is 27.7 Å². The lowest BCUT2D eigenvalue weighted by Crippen LogP contribution is -2.49. The summed E-state index contributed by atoms with van der Waals surface area (Å²) in [5.41, 5.74) is 2.43. The Kier molecular flexibility index (Phi) is 6.21. The van der Waals surface area contributed by atoms with Crippen molar-refractivity contribution in [1.29, 1.82) is 0 Å². The largest absolute Gasteiger partial charge is 0.492 e. The number of sulfonamides is 1. The molecular weight excluding hydrogens is 379 g/mol. The number of nitrogens with one attached hydrogen (secondary N) is 1. The minimum atomic E-state index is -4.80. The molecule has 4 nitrogen and oxygen atoms in total. The van der Waals surface area contributed by atoms with Crippen LogP contribution in [0.3, 0.4) is 0 Å². The first-order valence-electron chi connectivity index (χ1n) is 8.26. The zero-order valence-corrected chi connectivity index (χ0v) is 16.3. The van der Waals surface area contributed by atoms with Crippen molar-refractivity contribution in [3.05, 3.63) is 58.7 Å². The predicted octanol–water partition coefficient (Wildman–Crippen LogP) is 4.21. The van der Waals surface area contributed by atoms with Gasteiger partial charge < -0.3 is 4.74 Å². The maximum atomic E-state index is 13.4. The van der Waals surface area contributed by atoms with Crippen LogP contribution in [0.2, 0.25) is 0 Å². The van der Waals surface area contributed by atoms with Crippen molar-refractivity contribution < 1.29 is 26.3 Å². The van der Waals surface area contributed by atoms with E-state index in [9.17, 15) is 21.6 Å². The van der Waals surface area contributed by atoms with E-state index in [0.717, 1.165) is 11.1 Å². The van der Waals surface area contributed by atoms with Gasteiger partial charge in [-0.1, -0.05) is 29.8 Å². The molecule has 0 fully saturated rings. The number of hydrogen-bond donors (Lipinski definition) is 1. The fourth-order valence-corrected chi connectivity index (χ4v) is 4.58. The van der Waals surface area contributed by atoms with E-state index in [4.69, 9.17) is 4.74 Å². The first-order chi connectivity index (χ1) is 12.4. The highest BCUT2D eigenvalue weighted by Gasteiger charge is 2.43. The van der Waals surface area contributed by atoms with Gasteiger partial charge in [-0.15, -0.1) is 0 Å². The third-order valence-electron chi connectivity index (χ3n) is 3.97. The molecule has 2 aromatic carbocycles. The molecule has 0 aliphatic carbocycles. The molecule has 0 heterocycles. The normalized spacial score (nSPS) is 13.4. The molecule has 148 valence electrons. The lowest BCUT2D eigenvalue weighted by Gasteiger charge is -2.23. The number of rotatable bonds is 6. The average molecular weight is 401 g/mol. The lowest BCUT2D eigenvalue weighted by molar-refractivity contribution is -0.157. The summed E-state index contributed by atoms with van der Waals surface area (Å²) in [5.74, 6) is 0.242. The Labute approximate surface area is 157 Å². The first-order valence-corrected chi connectivity index (χ1v) is 9.75. The molecule has 0 saturated carbocycles. The second kappa shape index (κ2) is 7.90. The summed E-state index contributed by atoms with van der Waals surface area (Å²) >= 11 is 0. The molecule has 2 rings (SSSR count). The standard InChI is InChI=1S/C19H22F3NO3S/c1-12-6-5-7-16(10-12)26-11-17(19(20,21)22)23-27(24,25)18-14(3)8-13(2)9-15(18)4/h5-10,17,23H,11H2,1-4H3. The molecular formula is C19H22F3NO3S. The molecule has 27 heavy (non-hydrogen) atoms. The molecule has 0 saturated heterocycles. The van der Waals surface area contributed by atoms with Crippen LogP contribution in [0.5, 0.6) is 5.75 Å². The van der Waals surface area contributed by atoms with Gasteiger partial charge in [0.2, 0.25) is 10.0 Å². The van der Waals surface area contributed by atoms with Gasteiger partial charge in [-0.2, -0.15) is 17.9 Å². The van der Waals surface area contributed by atoms with Crippen LogP contribution in [0.15, 0.2) is 41.3 Å². The minimum absolute atomic E-state index is 0.141. The predicted molar refractivity (Wildman–Crippen MR) is 97.5 cm³/mol. The Morgan fingerprint density at radius 2 is 1.59 bits per heavy atom. The molecule has 8 heteroatoms. The Bertz CT molecular complexity index is 901. The molecule has 1 atom stereocenters. The zero-order chi connectivity index (χ0) is 20.4. The summed E-state index contributed by atoms with van der Waals surface area (Å²) in [6.45, 7) is 5.81. The number of ether oxygens (including phenoxy) is 1. The smallest absolute Gasteiger partial charge is 0.408 e. The van der Waals surface area contributed by atoms with Crippen molar-refractivity contribution in [3.8, 4) is 5.75 Å². The van der Waals surface area contributed by atoms with Gasteiger partial charge in [0, 0.05) is 0 Å². The third kappa shape index (κ3) is 5.46. The van der Waals surface area contributed by atoms with Crippen LogP contribution in [-0.4, -0.2) is 27.2 Å². The van der Waals surface area contributed by atoms with Crippen LogP contribution in [0.25, 0.3) is 0 Å². The Morgan fingerprint density at radius 1 is 1.00 bits per heavy atom. The zero-order valence-electron chi connectivity index (χ0n) is 15.5. The quantitative estimate of drug-likeness (QED) is 0.789. The highest BCUT2D eigenvalue weighted by Crippen LogP contribution is 2.26. The van der Waals surface area contributed by atoms with Gasteiger partial charge in [0.1, 0.15) is 12.4 Å². The molecule has 0 bridgehead atoms. The van der Waals surface area contributed by atoms with E-state index >= 15 is 0 Å². The molecule has 0 spiro atoms. The van der Waals surface area contributed by atoms with E-state index < -0.39 is 28.8 Å². The minimum Gasteiger partial charge on any atom is -0.492 e. The van der Waals surface area contributed by atoms with Crippen LogP contribution >= 0.6 is 0 Å². The van der Waals surface area contributed by atoms with Gasteiger partial charge in [0.15, 0.2) is 6.04 Å². The van der Waals surface area contributed by atoms with Crippen LogP contribution in [-0.2, 0) is 10.0 Å². The summed E-state index contributed by atoms with van der Waals surface area (Å²) in [6.07, 6.45) is -4.80. The third-order valence-corrected chi connectivity index (χ3v) is 5.75. The number of benzene rings is 2. The van der Waals surface area contributed by atoms with Crippen molar-refractivity contribution in [2.75, 3.05) is 6.61 Å². The van der Waals surface area contributed by atoms with Crippen LogP contribution in [0.4, 0.5) is 13.2 Å². The van der Waals surface area contributed by atoms with Crippen molar-refractivity contribution in [2.24, 2.45) is 0 Å². The van der Waals surface area contributed by atoms with Crippen molar-refractivity contribution >= 4 is 10.0 Å². The Hall–Kier alpha value is -2.06. The van der Waals surface area contributed by atoms with Crippen molar-refractivity contribution in [3.63, 3.8) is 0 Å². The van der Waals surface area contributed by atoms with E-state index in [-0.39, 0.29) is 10.6 Å². The van der Waals surface area contributed by atoms with E-state index in [1.807, 2.05) is 0 Å². The highest BCUT2D eigenvalue weighted by molar-refractivity contribution is 7.89. The van der Waals surface area contributed by atoms with Crippen molar-refractivity contribution in [2.45, 2.75) is 44.8 Å². The van der Waals surface area contributed by atoms with Gasteiger partial charge in [-0.25, -0.2) is 8.42 Å². The molecule has 0 aliphatic rings. The molecule has 0 aliphatic heterocycles. The van der Waals surface area contributed by atoms with E-state index in [1.165, 1.54) is 6.07 Å². The number of aryl methyl sites for hydroxylation is 4. The van der Waals surface area contributed by atoms with Gasteiger partial charge in [0.05, 0.1) is 4.90 Å². The molecule has 1 unspecified atom stereocenters. The second-order valence-corrected chi connectivity index (χ2v) is 8.22. The van der Waals surface area contributed by atoms with Gasteiger partial charge in [-0.05, 0) is 56.5 Å². The fourth-order valence-electron chi connectivity index (χ4n) is 2.92. The monoisotopic (exact) mass is 401 g/mol. The number of hydrogen-bond acceptors (Lipinski definition) is 3. The maximum absolute atomic E-state index is 13.4. The van der Waals surface area contributed by atoms with Gasteiger partial charge >= 0.3 is 6.18 Å². The van der Waals surface area contributed by atoms with Crippen LogP contribution in [0.1, 0.15) is 22.3 Å². The summed E-state index contributed by atoms with van der Waals surface area (Å²) in [4.78, 5) is -0.141. The molecule has 2 aromatic rings. The molecule has 0 aromatic heterocycles.